The first-order valence-electron chi connectivity index (χ1n) is 4.37. The van der Waals surface area contributed by atoms with E-state index in [1.165, 1.54) is 0 Å². The van der Waals surface area contributed by atoms with Gasteiger partial charge in [-0.2, -0.15) is 0 Å². The number of aliphatic hydroxyl groups is 1. The van der Waals surface area contributed by atoms with Gasteiger partial charge in [-0.15, -0.1) is 0 Å². The molecule has 1 atom stereocenters. The fraction of sp³-hybridized carbons (Fsp3) is 1.00. The van der Waals surface area contributed by atoms with Crippen molar-refractivity contribution < 1.29 is 14.6 Å². The molecule has 0 aromatic rings. The molecule has 0 fully saturated rings. The molecule has 0 radical (unpaired) electrons. The normalized spacial score (nSPS) is 13.8. The Labute approximate surface area is 73.7 Å². The first-order valence-corrected chi connectivity index (χ1v) is 4.37. The van der Waals surface area contributed by atoms with Crippen molar-refractivity contribution in [1.82, 2.24) is 0 Å². The Bertz CT molecular complexity index is 94.3. The van der Waals surface area contributed by atoms with Gasteiger partial charge in [-0.05, 0) is 26.8 Å². The van der Waals surface area contributed by atoms with Crippen molar-refractivity contribution in [3.05, 3.63) is 0 Å². The molecule has 0 heterocycles. The van der Waals surface area contributed by atoms with Gasteiger partial charge in [0, 0.05) is 13.2 Å². The van der Waals surface area contributed by atoms with Gasteiger partial charge in [0.05, 0.1) is 0 Å². The zero-order chi connectivity index (χ0) is 9.40. The molecule has 1 unspecified atom stereocenters. The minimum absolute atomic E-state index is 0.442. The first-order chi connectivity index (χ1) is 5.76. The monoisotopic (exact) mass is 177 g/mol. The number of rotatable bonds is 7. The van der Waals surface area contributed by atoms with E-state index in [-0.39, 0.29) is 0 Å². The van der Waals surface area contributed by atoms with E-state index in [9.17, 15) is 5.11 Å². The van der Waals surface area contributed by atoms with Gasteiger partial charge in [0.2, 0.25) is 0 Å². The highest BCUT2D eigenvalue weighted by Crippen LogP contribution is 2.04. The second-order valence-corrected chi connectivity index (χ2v) is 2.42. The highest BCUT2D eigenvalue weighted by Gasteiger charge is 2.18. The predicted molar refractivity (Wildman–Crippen MR) is 46.7 cm³/mol. The van der Waals surface area contributed by atoms with E-state index in [0.717, 1.165) is 0 Å². The molecule has 0 aliphatic rings. The topological polar surface area (TPSA) is 64.7 Å². The van der Waals surface area contributed by atoms with Crippen LogP contribution in [0.15, 0.2) is 0 Å². The summed E-state index contributed by atoms with van der Waals surface area (Å²) in [6, 6.07) is 0. The highest BCUT2D eigenvalue weighted by molar-refractivity contribution is 4.60. The highest BCUT2D eigenvalue weighted by atomic mass is 16.7. The Morgan fingerprint density at radius 3 is 2.08 bits per heavy atom. The number of hydrogen-bond donors (Lipinski definition) is 2. The zero-order valence-corrected chi connectivity index (χ0v) is 7.82. The van der Waals surface area contributed by atoms with Crippen molar-refractivity contribution in [3.63, 3.8) is 0 Å². The van der Waals surface area contributed by atoms with Crippen molar-refractivity contribution >= 4 is 0 Å². The maximum Gasteiger partial charge on any atom is 0.183 e. The summed E-state index contributed by atoms with van der Waals surface area (Å²) < 4.78 is 10.3. The molecule has 0 saturated heterocycles. The van der Waals surface area contributed by atoms with Crippen molar-refractivity contribution in [2.24, 2.45) is 5.73 Å². The summed E-state index contributed by atoms with van der Waals surface area (Å²) in [7, 11) is 0. The third-order valence-electron chi connectivity index (χ3n) is 1.44. The SMILES string of the molecule is CCOC(OCC)C(O)CCN. The minimum atomic E-state index is -0.616. The van der Waals surface area contributed by atoms with E-state index in [2.05, 4.69) is 0 Å². The van der Waals surface area contributed by atoms with Crippen LogP contribution >= 0.6 is 0 Å². The number of ether oxygens (including phenoxy) is 2. The Balaban J connectivity index is 3.72. The number of hydrogen-bond acceptors (Lipinski definition) is 4. The lowest BCUT2D eigenvalue weighted by Crippen LogP contribution is -2.33. The lowest BCUT2D eigenvalue weighted by molar-refractivity contribution is -0.190. The maximum absolute atomic E-state index is 9.44. The molecule has 0 spiro atoms. The van der Waals surface area contributed by atoms with Crippen LogP contribution < -0.4 is 5.73 Å². The van der Waals surface area contributed by atoms with Crippen molar-refractivity contribution in [1.29, 1.82) is 0 Å². The summed E-state index contributed by atoms with van der Waals surface area (Å²) in [6.07, 6.45) is -0.636. The van der Waals surface area contributed by atoms with Crippen LogP contribution in [0.25, 0.3) is 0 Å². The van der Waals surface area contributed by atoms with E-state index in [1.807, 2.05) is 13.8 Å². The zero-order valence-electron chi connectivity index (χ0n) is 7.82. The molecule has 4 nitrogen and oxygen atoms in total. The number of nitrogens with two attached hydrogens (primary N) is 1. The molecular formula is C8H19NO3. The maximum atomic E-state index is 9.44. The van der Waals surface area contributed by atoms with Crippen molar-refractivity contribution in [2.45, 2.75) is 32.7 Å². The van der Waals surface area contributed by atoms with Gasteiger partial charge in [0.25, 0.3) is 0 Å². The molecule has 0 aromatic heterocycles. The van der Waals surface area contributed by atoms with Crippen LogP contribution in [0.5, 0.6) is 0 Å². The molecule has 12 heavy (non-hydrogen) atoms. The summed E-state index contributed by atoms with van der Waals surface area (Å²) in [5.74, 6) is 0. The third kappa shape index (κ3) is 4.66. The largest absolute Gasteiger partial charge is 0.388 e. The molecule has 74 valence electrons. The molecule has 0 aliphatic heterocycles. The van der Waals surface area contributed by atoms with E-state index in [4.69, 9.17) is 15.2 Å². The molecule has 0 saturated carbocycles. The summed E-state index contributed by atoms with van der Waals surface area (Å²) in [4.78, 5) is 0. The smallest absolute Gasteiger partial charge is 0.183 e. The Kier molecular flexibility index (Phi) is 7.39. The third-order valence-corrected chi connectivity index (χ3v) is 1.44. The average Bonchev–Trinajstić information content (AvgIpc) is 2.04. The Morgan fingerprint density at radius 1 is 1.25 bits per heavy atom. The van der Waals surface area contributed by atoms with Gasteiger partial charge in [-0.25, -0.2) is 0 Å². The summed E-state index contributed by atoms with van der Waals surface area (Å²) >= 11 is 0. The molecule has 0 rings (SSSR count). The lowest BCUT2D eigenvalue weighted by atomic mass is 10.2. The van der Waals surface area contributed by atoms with Crippen LogP contribution in [0.1, 0.15) is 20.3 Å². The van der Waals surface area contributed by atoms with Gasteiger partial charge < -0.3 is 20.3 Å². The van der Waals surface area contributed by atoms with E-state index in [0.29, 0.717) is 26.2 Å². The number of aliphatic hydroxyl groups excluding tert-OH is 1. The fourth-order valence-electron chi connectivity index (χ4n) is 0.906. The van der Waals surface area contributed by atoms with Crippen LogP contribution in [0.3, 0.4) is 0 Å². The summed E-state index contributed by atoms with van der Waals surface area (Å²) in [5.41, 5.74) is 5.29. The first kappa shape index (κ1) is 11.8. The van der Waals surface area contributed by atoms with Crippen LogP contribution in [-0.4, -0.2) is 37.3 Å². The van der Waals surface area contributed by atoms with Crippen LogP contribution in [0.4, 0.5) is 0 Å². The molecular weight excluding hydrogens is 158 g/mol. The van der Waals surface area contributed by atoms with Gasteiger partial charge in [-0.1, -0.05) is 0 Å². The van der Waals surface area contributed by atoms with Gasteiger partial charge >= 0.3 is 0 Å². The van der Waals surface area contributed by atoms with Gasteiger partial charge in [0.15, 0.2) is 6.29 Å². The van der Waals surface area contributed by atoms with Crippen LogP contribution in [0.2, 0.25) is 0 Å². The van der Waals surface area contributed by atoms with Gasteiger partial charge in [-0.3, -0.25) is 0 Å². The minimum Gasteiger partial charge on any atom is -0.388 e. The Morgan fingerprint density at radius 2 is 1.75 bits per heavy atom. The quantitative estimate of drug-likeness (QED) is 0.541. The van der Waals surface area contributed by atoms with Crippen molar-refractivity contribution in [2.75, 3.05) is 19.8 Å². The molecule has 4 heteroatoms. The predicted octanol–water partition coefficient (Wildman–Crippen LogP) is 0.0952. The molecule has 0 aliphatic carbocycles. The average molecular weight is 177 g/mol. The molecule has 3 N–H and O–H groups in total. The molecule has 0 amide bonds. The summed E-state index contributed by atoms with van der Waals surface area (Å²) in [5, 5.41) is 9.44. The van der Waals surface area contributed by atoms with Crippen molar-refractivity contribution in [3.8, 4) is 0 Å². The lowest BCUT2D eigenvalue weighted by Gasteiger charge is -2.21. The van der Waals surface area contributed by atoms with Crippen LogP contribution in [0, 0.1) is 0 Å². The standard InChI is InChI=1S/C8H19NO3/c1-3-11-8(12-4-2)7(10)5-6-9/h7-8,10H,3-6,9H2,1-2H3. The fourth-order valence-corrected chi connectivity index (χ4v) is 0.906. The molecule has 0 bridgehead atoms. The van der Waals surface area contributed by atoms with Crippen LogP contribution in [-0.2, 0) is 9.47 Å². The second-order valence-electron chi connectivity index (χ2n) is 2.42. The van der Waals surface area contributed by atoms with Gasteiger partial charge in [0.1, 0.15) is 6.10 Å². The second kappa shape index (κ2) is 7.49. The summed E-state index contributed by atoms with van der Waals surface area (Å²) in [6.45, 7) is 5.23. The Hall–Kier alpha value is -0.160. The molecule has 0 aromatic carbocycles. The van der Waals surface area contributed by atoms with E-state index in [1.54, 1.807) is 0 Å². The van der Waals surface area contributed by atoms with E-state index < -0.39 is 12.4 Å². The van der Waals surface area contributed by atoms with E-state index >= 15 is 0 Å².